The van der Waals surface area contributed by atoms with Crippen LogP contribution in [0.5, 0.6) is 0 Å². The highest BCUT2D eigenvalue weighted by atomic mass is 32.2. The molecule has 0 atom stereocenters. The Kier molecular flexibility index (Phi) is 8.69. The second kappa shape index (κ2) is 12.0. The van der Waals surface area contributed by atoms with Crippen molar-refractivity contribution in [1.29, 1.82) is 5.26 Å². The van der Waals surface area contributed by atoms with Gasteiger partial charge in [0, 0.05) is 38.7 Å². The first-order valence-electron chi connectivity index (χ1n) is 12.6. The lowest BCUT2D eigenvalue weighted by Gasteiger charge is -2.36. The number of carbonyl (C=O) groups is 2. The van der Waals surface area contributed by atoms with Gasteiger partial charge in [0.2, 0.25) is 0 Å². The lowest BCUT2D eigenvalue weighted by molar-refractivity contribution is -0.137. The van der Waals surface area contributed by atoms with E-state index in [0.717, 1.165) is 44.1 Å². The maximum atomic E-state index is 13.2. The van der Waals surface area contributed by atoms with Crippen LogP contribution >= 0.6 is 24.0 Å². The second-order valence-electron chi connectivity index (χ2n) is 9.66. The van der Waals surface area contributed by atoms with Crippen molar-refractivity contribution in [2.75, 3.05) is 24.5 Å². The standard InChI is InChI=1S/C28H30N4O4S2/c1-18-21(16-23-27(36)32(28(37)38-23)12-6-9-24(33)34)25(30(2)26(35)22(18)17-29)31-13-10-20(11-14-31)15-19-7-4-3-5-8-19/h3-5,7-8,16,20H,6,9-15H2,1-2H3,(H,33,34)/b23-16-. The van der Waals surface area contributed by atoms with Crippen molar-refractivity contribution in [2.45, 2.75) is 39.0 Å². The Morgan fingerprint density at radius 1 is 1.24 bits per heavy atom. The minimum Gasteiger partial charge on any atom is -0.481 e. The van der Waals surface area contributed by atoms with Gasteiger partial charge in [0.05, 0.1) is 4.91 Å². The van der Waals surface area contributed by atoms with E-state index in [0.29, 0.717) is 38.5 Å². The summed E-state index contributed by atoms with van der Waals surface area (Å²) in [6.45, 7) is 3.48. The number of hydrogen-bond acceptors (Lipinski definition) is 7. The minimum absolute atomic E-state index is 0.0497. The second-order valence-corrected chi connectivity index (χ2v) is 11.3. The van der Waals surface area contributed by atoms with Crippen LogP contribution in [-0.4, -0.2) is 50.4 Å². The number of thiocarbonyl (C=S) groups is 1. The van der Waals surface area contributed by atoms with E-state index in [-0.39, 0.29) is 30.0 Å². The molecule has 2 aliphatic rings. The number of hydrogen-bond donors (Lipinski definition) is 1. The molecule has 1 amide bonds. The highest BCUT2D eigenvalue weighted by Gasteiger charge is 2.33. The number of thioether (sulfide) groups is 1. The van der Waals surface area contributed by atoms with E-state index in [1.165, 1.54) is 15.0 Å². The molecule has 1 aromatic heterocycles. The number of amides is 1. The van der Waals surface area contributed by atoms with Crippen LogP contribution in [-0.2, 0) is 23.1 Å². The van der Waals surface area contributed by atoms with Crippen molar-refractivity contribution in [3.05, 3.63) is 67.8 Å². The Hall–Kier alpha value is -3.42. The number of aliphatic carboxylic acids is 1. The van der Waals surface area contributed by atoms with Crippen LogP contribution in [0.2, 0.25) is 0 Å². The fraction of sp³-hybridized carbons (Fsp3) is 0.393. The van der Waals surface area contributed by atoms with E-state index in [9.17, 15) is 19.6 Å². The largest absolute Gasteiger partial charge is 0.481 e. The molecule has 0 spiro atoms. The number of piperidine rings is 1. The van der Waals surface area contributed by atoms with Crippen LogP contribution in [0.1, 0.15) is 47.9 Å². The lowest BCUT2D eigenvalue weighted by Crippen LogP contribution is -2.39. The highest BCUT2D eigenvalue weighted by Crippen LogP contribution is 2.37. The summed E-state index contributed by atoms with van der Waals surface area (Å²) >= 11 is 6.56. The van der Waals surface area contributed by atoms with Gasteiger partial charge in [-0.3, -0.25) is 23.9 Å². The Morgan fingerprint density at radius 2 is 1.92 bits per heavy atom. The predicted molar refractivity (Wildman–Crippen MR) is 153 cm³/mol. The van der Waals surface area contributed by atoms with Gasteiger partial charge in [-0.1, -0.05) is 54.3 Å². The average molecular weight is 551 g/mol. The van der Waals surface area contributed by atoms with Crippen molar-refractivity contribution in [1.82, 2.24) is 9.47 Å². The van der Waals surface area contributed by atoms with Gasteiger partial charge in [-0.25, -0.2) is 0 Å². The van der Waals surface area contributed by atoms with E-state index >= 15 is 0 Å². The SMILES string of the molecule is Cc1c(/C=C2\SC(=S)N(CCCC(=O)O)C2=O)c(N2CCC(Cc3ccccc3)CC2)n(C)c(=O)c1C#N. The van der Waals surface area contributed by atoms with Crippen LogP contribution in [0.4, 0.5) is 5.82 Å². The van der Waals surface area contributed by atoms with E-state index in [1.807, 2.05) is 12.1 Å². The third kappa shape index (κ3) is 5.84. The Balaban J connectivity index is 1.63. The van der Waals surface area contributed by atoms with Gasteiger partial charge < -0.3 is 10.0 Å². The number of nitriles is 1. The van der Waals surface area contributed by atoms with Gasteiger partial charge in [-0.05, 0) is 55.7 Å². The normalized spacial score (nSPS) is 17.3. The zero-order valence-corrected chi connectivity index (χ0v) is 23.1. The van der Waals surface area contributed by atoms with Gasteiger partial charge in [0.15, 0.2) is 0 Å². The smallest absolute Gasteiger partial charge is 0.303 e. The van der Waals surface area contributed by atoms with Gasteiger partial charge in [0.1, 0.15) is 21.8 Å². The first-order valence-corrected chi connectivity index (χ1v) is 13.8. The van der Waals surface area contributed by atoms with Crippen molar-refractivity contribution in [3.63, 3.8) is 0 Å². The fourth-order valence-corrected chi connectivity index (χ4v) is 6.39. The maximum absolute atomic E-state index is 13.2. The quantitative estimate of drug-likeness (QED) is 0.387. The number of carboxylic acid groups (broad SMARTS) is 1. The monoisotopic (exact) mass is 550 g/mol. The molecular weight excluding hydrogens is 520 g/mol. The minimum atomic E-state index is -0.923. The molecule has 2 saturated heterocycles. The number of benzene rings is 1. The molecule has 38 heavy (non-hydrogen) atoms. The number of aromatic nitrogens is 1. The number of nitrogens with zero attached hydrogens (tertiary/aromatic N) is 4. The summed E-state index contributed by atoms with van der Waals surface area (Å²) in [5, 5.41) is 18.6. The van der Waals surface area contributed by atoms with E-state index in [4.69, 9.17) is 17.3 Å². The van der Waals surface area contributed by atoms with E-state index < -0.39 is 5.97 Å². The molecule has 8 nitrogen and oxygen atoms in total. The van der Waals surface area contributed by atoms with Crippen molar-refractivity contribution in [2.24, 2.45) is 13.0 Å². The van der Waals surface area contributed by atoms with Gasteiger partial charge in [0.25, 0.3) is 11.5 Å². The van der Waals surface area contributed by atoms with Gasteiger partial charge in [-0.2, -0.15) is 5.26 Å². The molecule has 2 fully saturated rings. The molecule has 10 heteroatoms. The van der Waals surface area contributed by atoms with Crippen LogP contribution in [0, 0.1) is 24.2 Å². The third-order valence-electron chi connectivity index (χ3n) is 7.17. The van der Waals surface area contributed by atoms with Crippen molar-refractivity contribution >= 4 is 52.1 Å². The summed E-state index contributed by atoms with van der Waals surface area (Å²) in [6, 6.07) is 12.5. The Bertz CT molecular complexity index is 1390. The number of anilines is 1. The third-order valence-corrected chi connectivity index (χ3v) is 8.55. The topological polar surface area (TPSA) is 107 Å². The zero-order valence-electron chi connectivity index (χ0n) is 21.5. The molecule has 0 unspecified atom stereocenters. The lowest BCUT2D eigenvalue weighted by atomic mass is 9.90. The number of rotatable bonds is 8. The van der Waals surface area contributed by atoms with Gasteiger partial charge >= 0.3 is 5.97 Å². The summed E-state index contributed by atoms with van der Waals surface area (Å²) < 4.78 is 1.89. The van der Waals surface area contributed by atoms with E-state index in [2.05, 4.69) is 29.2 Å². The molecule has 2 aromatic rings. The molecule has 1 aromatic carbocycles. The van der Waals surface area contributed by atoms with Crippen molar-refractivity contribution < 1.29 is 14.7 Å². The maximum Gasteiger partial charge on any atom is 0.303 e. The molecule has 0 radical (unpaired) electrons. The van der Waals surface area contributed by atoms with Crippen LogP contribution in [0.25, 0.3) is 6.08 Å². The summed E-state index contributed by atoms with van der Waals surface area (Å²) in [6.07, 6.45) is 4.93. The molecule has 198 valence electrons. The first-order chi connectivity index (χ1) is 18.2. The van der Waals surface area contributed by atoms with Crippen LogP contribution in [0.3, 0.4) is 0 Å². The highest BCUT2D eigenvalue weighted by molar-refractivity contribution is 8.26. The molecule has 2 aliphatic heterocycles. The molecule has 0 aliphatic carbocycles. The Morgan fingerprint density at radius 3 is 2.55 bits per heavy atom. The van der Waals surface area contributed by atoms with Gasteiger partial charge in [-0.15, -0.1) is 0 Å². The number of carbonyl (C=O) groups excluding carboxylic acids is 1. The molecule has 1 N–H and O–H groups in total. The Labute approximate surface area is 231 Å². The first kappa shape index (κ1) is 27.6. The molecular formula is C28H30N4O4S2. The molecule has 0 saturated carbocycles. The summed E-state index contributed by atoms with van der Waals surface area (Å²) in [4.78, 5) is 41.1. The molecule has 0 bridgehead atoms. The molecule has 3 heterocycles. The zero-order chi connectivity index (χ0) is 27.4. The fourth-order valence-electron chi connectivity index (χ4n) is 5.10. The molecule has 4 rings (SSSR count). The summed E-state index contributed by atoms with van der Waals surface area (Å²) in [7, 11) is 1.67. The van der Waals surface area contributed by atoms with Crippen LogP contribution < -0.4 is 10.5 Å². The van der Waals surface area contributed by atoms with E-state index in [1.54, 1.807) is 20.0 Å². The predicted octanol–water partition coefficient (Wildman–Crippen LogP) is 4.09. The summed E-state index contributed by atoms with van der Waals surface area (Å²) in [5.41, 5.74) is 2.21. The summed E-state index contributed by atoms with van der Waals surface area (Å²) in [5.74, 6) is 0.0224. The van der Waals surface area contributed by atoms with Crippen LogP contribution in [0.15, 0.2) is 40.0 Å². The van der Waals surface area contributed by atoms with Crippen molar-refractivity contribution in [3.8, 4) is 6.07 Å². The number of carboxylic acids is 1. The average Bonchev–Trinajstić information content (AvgIpc) is 3.16. The number of pyridine rings is 1.